The van der Waals surface area contributed by atoms with E-state index in [0.29, 0.717) is 12.1 Å². The maximum absolute atomic E-state index is 6.24. The fraction of sp³-hybridized carbons (Fsp3) is 0.714. The Labute approximate surface area is 119 Å². The highest BCUT2D eigenvalue weighted by Crippen LogP contribution is 2.37. The molecule has 1 saturated heterocycles. The van der Waals surface area contributed by atoms with Gasteiger partial charge in [0.1, 0.15) is 0 Å². The molecule has 0 amide bonds. The second-order valence-corrected chi connectivity index (χ2v) is 7.29. The van der Waals surface area contributed by atoms with E-state index in [4.69, 9.17) is 17.3 Å². The molecule has 2 rings (SSSR count). The van der Waals surface area contributed by atoms with Crippen molar-refractivity contribution in [1.82, 2.24) is 4.90 Å². The molecule has 1 aromatic heterocycles. The summed E-state index contributed by atoms with van der Waals surface area (Å²) < 4.78 is 0.855. The topological polar surface area (TPSA) is 29.3 Å². The van der Waals surface area contributed by atoms with Crippen LogP contribution in [0.5, 0.6) is 0 Å². The van der Waals surface area contributed by atoms with Crippen LogP contribution in [0.15, 0.2) is 12.1 Å². The van der Waals surface area contributed by atoms with Gasteiger partial charge in [-0.25, -0.2) is 0 Å². The fourth-order valence-corrected chi connectivity index (χ4v) is 4.27. The molecule has 0 aromatic carbocycles. The Morgan fingerprint density at radius 2 is 2.17 bits per heavy atom. The molecule has 102 valence electrons. The minimum atomic E-state index is 0.132. The Morgan fingerprint density at radius 3 is 2.72 bits per heavy atom. The van der Waals surface area contributed by atoms with Crippen molar-refractivity contribution in [3.05, 3.63) is 21.3 Å². The van der Waals surface area contributed by atoms with Crippen molar-refractivity contribution < 1.29 is 0 Å². The zero-order valence-electron chi connectivity index (χ0n) is 11.4. The first-order valence-electron chi connectivity index (χ1n) is 6.77. The molecule has 4 heteroatoms. The predicted octanol–water partition coefficient (Wildman–Crippen LogP) is 3.91. The average molecular weight is 287 g/mol. The van der Waals surface area contributed by atoms with E-state index >= 15 is 0 Å². The molecule has 0 radical (unpaired) electrons. The van der Waals surface area contributed by atoms with Crippen molar-refractivity contribution >= 4 is 22.9 Å². The number of piperidine rings is 1. The van der Waals surface area contributed by atoms with E-state index in [9.17, 15) is 0 Å². The zero-order valence-corrected chi connectivity index (χ0v) is 13.0. The van der Waals surface area contributed by atoms with Gasteiger partial charge in [0.05, 0.1) is 10.4 Å². The molecular weight excluding hydrogens is 264 g/mol. The number of rotatable bonds is 3. The highest BCUT2D eigenvalue weighted by Gasteiger charge is 2.33. The van der Waals surface area contributed by atoms with Gasteiger partial charge in [0.15, 0.2) is 0 Å². The smallest absolute Gasteiger partial charge is 0.0931 e. The van der Waals surface area contributed by atoms with Crippen LogP contribution >= 0.6 is 22.9 Å². The first kappa shape index (κ1) is 14.3. The molecule has 1 fully saturated rings. The van der Waals surface area contributed by atoms with E-state index in [2.05, 4.69) is 31.7 Å². The number of nitrogens with two attached hydrogens (primary N) is 1. The van der Waals surface area contributed by atoms with Gasteiger partial charge in [0.25, 0.3) is 0 Å². The zero-order chi connectivity index (χ0) is 13.3. The SMILES string of the molecule is CC(N)C(c1ccc(Cl)s1)N1CCCC(C)C1C. The third-order valence-electron chi connectivity index (χ3n) is 4.16. The minimum absolute atomic E-state index is 0.132. The van der Waals surface area contributed by atoms with Crippen molar-refractivity contribution in [2.75, 3.05) is 6.54 Å². The lowest BCUT2D eigenvalue weighted by atomic mass is 9.89. The normalized spacial score (nSPS) is 29.2. The van der Waals surface area contributed by atoms with Crippen molar-refractivity contribution in [2.24, 2.45) is 11.7 Å². The van der Waals surface area contributed by atoms with Gasteiger partial charge in [-0.05, 0) is 51.3 Å². The first-order chi connectivity index (χ1) is 8.50. The highest BCUT2D eigenvalue weighted by molar-refractivity contribution is 7.16. The number of hydrogen-bond donors (Lipinski definition) is 1. The number of hydrogen-bond acceptors (Lipinski definition) is 3. The summed E-state index contributed by atoms with van der Waals surface area (Å²) in [4.78, 5) is 3.87. The molecule has 0 saturated carbocycles. The van der Waals surface area contributed by atoms with Crippen LogP contribution in [0.4, 0.5) is 0 Å². The summed E-state index contributed by atoms with van der Waals surface area (Å²) in [7, 11) is 0. The minimum Gasteiger partial charge on any atom is -0.326 e. The molecule has 4 unspecified atom stereocenters. The Balaban J connectivity index is 2.24. The highest BCUT2D eigenvalue weighted by atomic mass is 35.5. The van der Waals surface area contributed by atoms with Crippen molar-refractivity contribution in [3.63, 3.8) is 0 Å². The molecule has 1 aromatic rings. The molecule has 0 aliphatic carbocycles. The van der Waals surface area contributed by atoms with Crippen molar-refractivity contribution in [2.45, 2.75) is 51.7 Å². The Bertz CT molecular complexity index is 391. The van der Waals surface area contributed by atoms with Gasteiger partial charge in [-0.15, -0.1) is 11.3 Å². The fourth-order valence-electron chi connectivity index (χ4n) is 2.97. The monoisotopic (exact) mass is 286 g/mol. The average Bonchev–Trinajstić information content (AvgIpc) is 2.71. The number of nitrogens with zero attached hydrogens (tertiary/aromatic N) is 1. The van der Waals surface area contributed by atoms with Crippen LogP contribution in [0.1, 0.15) is 44.5 Å². The van der Waals surface area contributed by atoms with E-state index in [0.717, 1.165) is 16.8 Å². The first-order valence-corrected chi connectivity index (χ1v) is 7.96. The number of halogens is 1. The quantitative estimate of drug-likeness (QED) is 0.913. The molecule has 4 atom stereocenters. The van der Waals surface area contributed by atoms with Crippen LogP contribution in [-0.2, 0) is 0 Å². The van der Waals surface area contributed by atoms with Crippen molar-refractivity contribution in [1.29, 1.82) is 0 Å². The predicted molar refractivity (Wildman–Crippen MR) is 80.3 cm³/mol. The molecule has 2 nitrogen and oxygen atoms in total. The largest absolute Gasteiger partial charge is 0.326 e. The molecular formula is C14H23ClN2S. The Morgan fingerprint density at radius 1 is 1.44 bits per heavy atom. The van der Waals surface area contributed by atoms with Gasteiger partial charge < -0.3 is 5.73 Å². The molecule has 1 aliphatic heterocycles. The van der Waals surface area contributed by atoms with Crippen LogP contribution in [0.25, 0.3) is 0 Å². The summed E-state index contributed by atoms with van der Waals surface area (Å²) in [6.07, 6.45) is 2.60. The van der Waals surface area contributed by atoms with Crippen molar-refractivity contribution in [3.8, 4) is 0 Å². The number of likely N-dealkylation sites (tertiary alicyclic amines) is 1. The molecule has 0 bridgehead atoms. The second-order valence-electron chi connectivity index (χ2n) is 5.54. The van der Waals surface area contributed by atoms with Crippen LogP contribution < -0.4 is 5.73 Å². The third kappa shape index (κ3) is 2.90. The van der Waals surface area contributed by atoms with E-state index < -0.39 is 0 Å². The lowest BCUT2D eigenvalue weighted by molar-refractivity contribution is 0.0595. The molecule has 1 aliphatic rings. The van der Waals surface area contributed by atoms with E-state index in [-0.39, 0.29) is 6.04 Å². The van der Waals surface area contributed by atoms with Gasteiger partial charge in [0.2, 0.25) is 0 Å². The van der Waals surface area contributed by atoms with E-state index in [1.807, 2.05) is 6.07 Å². The van der Waals surface area contributed by atoms with Gasteiger partial charge in [-0.1, -0.05) is 18.5 Å². The summed E-state index contributed by atoms with van der Waals surface area (Å²) >= 11 is 7.74. The third-order valence-corrected chi connectivity index (χ3v) is 5.47. The maximum Gasteiger partial charge on any atom is 0.0931 e. The summed E-state index contributed by atoms with van der Waals surface area (Å²) in [6, 6.07) is 5.14. The van der Waals surface area contributed by atoms with Gasteiger partial charge >= 0.3 is 0 Å². The van der Waals surface area contributed by atoms with E-state index in [1.54, 1.807) is 11.3 Å². The molecule has 2 N–H and O–H groups in total. The molecule has 0 spiro atoms. The van der Waals surface area contributed by atoms with Crippen LogP contribution in [0.3, 0.4) is 0 Å². The summed E-state index contributed by atoms with van der Waals surface area (Å²) in [5, 5.41) is 0. The Hall–Kier alpha value is -0.0900. The van der Waals surface area contributed by atoms with Gasteiger partial charge in [0, 0.05) is 17.0 Å². The number of thiophene rings is 1. The van der Waals surface area contributed by atoms with Gasteiger partial charge in [-0.2, -0.15) is 0 Å². The second kappa shape index (κ2) is 5.91. The van der Waals surface area contributed by atoms with E-state index in [1.165, 1.54) is 17.7 Å². The lowest BCUT2D eigenvalue weighted by Crippen LogP contribution is -2.49. The lowest BCUT2D eigenvalue weighted by Gasteiger charge is -2.44. The summed E-state index contributed by atoms with van der Waals surface area (Å²) in [6.45, 7) is 7.92. The Kier molecular flexibility index (Phi) is 4.70. The van der Waals surface area contributed by atoms with Crippen LogP contribution in [-0.4, -0.2) is 23.5 Å². The summed E-state index contributed by atoms with van der Waals surface area (Å²) in [5.41, 5.74) is 6.24. The van der Waals surface area contributed by atoms with Crippen LogP contribution in [0, 0.1) is 5.92 Å². The summed E-state index contributed by atoms with van der Waals surface area (Å²) in [5.74, 6) is 0.746. The molecule has 18 heavy (non-hydrogen) atoms. The molecule has 2 heterocycles. The maximum atomic E-state index is 6.24. The van der Waals surface area contributed by atoms with Gasteiger partial charge in [-0.3, -0.25) is 4.90 Å². The van der Waals surface area contributed by atoms with Crippen LogP contribution in [0.2, 0.25) is 4.34 Å². The standard InChI is InChI=1S/C14H23ClN2S/c1-9-5-4-8-17(11(9)3)14(10(2)16)12-6-7-13(15)18-12/h6-7,9-11,14H,4-5,8,16H2,1-3H3.